The number of anilines is 1. The van der Waals surface area contributed by atoms with Crippen LogP contribution in [0, 0.1) is 0 Å². The van der Waals surface area contributed by atoms with E-state index in [1.807, 2.05) is 18.2 Å². The third-order valence-corrected chi connectivity index (χ3v) is 4.34. The molecule has 1 heterocycles. The fourth-order valence-electron chi connectivity index (χ4n) is 1.82. The Morgan fingerprint density at radius 3 is 2.70 bits per heavy atom. The number of carbonyl (C=O) groups is 1. The number of hydrogen-bond donors (Lipinski definition) is 3. The van der Waals surface area contributed by atoms with E-state index in [1.165, 1.54) is 0 Å². The number of nitrogens with zero attached hydrogens (tertiary/aromatic N) is 1. The lowest BCUT2D eigenvalue weighted by Crippen LogP contribution is -2.29. The Morgan fingerprint density at radius 2 is 2.04 bits per heavy atom. The van der Waals surface area contributed by atoms with E-state index < -0.39 is 16.1 Å². The fraction of sp³-hybridized carbons (Fsp3) is 0.286. The third kappa shape index (κ3) is 5.97. The van der Waals surface area contributed by atoms with Crippen molar-refractivity contribution in [1.82, 2.24) is 10.3 Å². The SMILES string of the molecule is CS(=O)(=O)Nc1nc(CC(=O)NC[C@H](O)c2ccccc2)cs1. The Balaban J connectivity index is 1.83. The highest BCUT2D eigenvalue weighted by atomic mass is 32.2. The van der Waals surface area contributed by atoms with Crippen molar-refractivity contribution in [3.8, 4) is 0 Å². The van der Waals surface area contributed by atoms with Gasteiger partial charge >= 0.3 is 0 Å². The summed E-state index contributed by atoms with van der Waals surface area (Å²) in [5.74, 6) is -0.295. The molecule has 1 aromatic carbocycles. The molecule has 7 nitrogen and oxygen atoms in total. The van der Waals surface area contributed by atoms with Crippen molar-refractivity contribution < 1.29 is 18.3 Å². The minimum atomic E-state index is -3.38. The Morgan fingerprint density at radius 1 is 1.35 bits per heavy atom. The first kappa shape index (κ1) is 17.4. The molecule has 0 aliphatic rings. The van der Waals surface area contributed by atoms with E-state index in [9.17, 15) is 18.3 Å². The number of aliphatic hydroxyl groups excluding tert-OH is 1. The topological polar surface area (TPSA) is 108 Å². The average Bonchev–Trinajstić information content (AvgIpc) is 2.90. The molecule has 0 radical (unpaired) electrons. The minimum Gasteiger partial charge on any atom is -0.387 e. The average molecular weight is 355 g/mol. The van der Waals surface area contributed by atoms with E-state index in [4.69, 9.17) is 0 Å². The maximum atomic E-state index is 11.8. The van der Waals surface area contributed by atoms with Crippen LogP contribution in [0.2, 0.25) is 0 Å². The van der Waals surface area contributed by atoms with Crippen LogP contribution in [-0.2, 0) is 21.2 Å². The second kappa shape index (κ2) is 7.53. The molecule has 0 aliphatic carbocycles. The molecule has 124 valence electrons. The van der Waals surface area contributed by atoms with Crippen LogP contribution in [0.25, 0.3) is 0 Å². The third-order valence-electron chi connectivity index (χ3n) is 2.84. The van der Waals surface area contributed by atoms with Crippen LogP contribution in [-0.4, -0.2) is 37.2 Å². The molecule has 2 rings (SSSR count). The number of benzene rings is 1. The van der Waals surface area contributed by atoms with Crippen LogP contribution in [0.3, 0.4) is 0 Å². The molecular weight excluding hydrogens is 338 g/mol. The van der Waals surface area contributed by atoms with Crippen molar-refractivity contribution in [1.29, 1.82) is 0 Å². The molecule has 1 amide bonds. The van der Waals surface area contributed by atoms with E-state index in [0.29, 0.717) is 5.69 Å². The summed E-state index contributed by atoms with van der Waals surface area (Å²) >= 11 is 1.11. The van der Waals surface area contributed by atoms with Crippen LogP contribution in [0.5, 0.6) is 0 Å². The van der Waals surface area contributed by atoms with Gasteiger partial charge in [0.1, 0.15) is 0 Å². The van der Waals surface area contributed by atoms with E-state index in [-0.39, 0.29) is 24.0 Å². The van der Waals surface area contributed by atoms with Gasteiger partial charge in [0.25, 0.3) is 0 Å². The first-order chi connectivity index (χ1) is 10.8. The summed E-state index contributed by atoms with van der Waals surface area (Å²) in [6.45, 7) is 0.0986. The highest BCUT2D eigenvalue weighted by Crippen LogP contribution is 2.17. The quantitative estimate of drug-likeness (QED) is 0.684. The van der Waals surface area contributed by atoms with Gasteiger partial charge in [0.15, 0.2) is 5.13 Å². The first-order valence-corrected chi connectivity index (χ1v) is 9.52. The van der Waals surface area contributed by atoms with Gasteiger partial charge in [-0.3, -0.25) is 9.52 Å². The zero-order chi connectivity index (χ0) is 16.9. The maximum absolute atomic E-state index is 11.8. The lowest BCUT2D eigenvalue weighted by Gasteiger charge is -2.11. The molecule has 0 saturated carbocycles. The molecule has 1 aromatic heterocycles. The van der Waals surface area contributed by atoms with Gasteiger partial charge < -0.3 is 10.4 Å². The van der Waals surface area contributed by atoms with Crippen molar-refractivity contribution in [2.45, 2.75) is 12.5 Å². The number of rotatable bonds is 7. The number of amides is 1. The number of sulfonamides is 1. The molecule has 1 atom stereocenters. The van der Waals surface area contributed by atoms with Crippen molar-refractivity contribution in [3.05, 3.63) is 47.0 Å². The largest absolute Gasteiger partial charge is 0.387 e. The second-order valence-corrected chi connectivity index (χ2v) is 7.53. The van der Waals surface area contributed by atoms with Crippen LogP contribution in [0.4, 0.5) is 5.13 Å². The predicted octanol–water partition coefficient (Wildman–Crippen LogP) is 0.907. The molecule has 0 fully saturated rings. The second-order valence-electron chi connectivity index (χ2n) is 4.93. The normalized spacial score (nSPS) is 12.6. The Kier molecular flexibility index (Phi) is 5.69. The van der Waals surface area contributed by atoms with Gasteiger partial charge in [0.2, 0.25) is 15.9 Å². The first-order valence-electron chi connectivity index (χ1n) is 6.75. The van der Waals surface area contributed by atoms with Crippen molar-refractivity contribution in [2.75, 3.05) is 17.5 Å². The van der Waals surface area contributed by atoms with Gasteiger partial charge in [-0.1, -0.05) is 30.3 Å². The van der Waals surface area contributed by atoms with Gasteiger partial charge in [-0.2, -0.15) is 0 Å². The van der Waals surface area contributed by atoms with Crippen LogP contribution >= 0.6 is 11.3 Å². The van der Waals surface area contributed by atoms with Crippen LogP contribution < -0.4 is 10.0 Å². The molecule has 0 spiro atoms. The van der Waals surface area contributed by atoms with Gasteiger partial charge in [0, 0.05) is 11.9 Å². The van der Waals surface area contributed by atoms with Crippen LogP contribution in [0.15, 0.2) is 35.7 Å². The molecule has 2 aromatic rings. The standard InChI is InChI=1S/C14H17N3O4S2/c1-23(20,21)17-14-16-11(9-22-14)7-13(19)15-8-12(18)10-5-3-2-4-6-10/h2-6,9,12,18H,7-8H2,1H3,(H,15,19)(H,16,17)/t12-/m0/s1. The summed E-state index contributed by atoms with van der Waals surface area (Å²) in [6.07, 6.45) is 0.271. The van der Waals surface area contributed by atoms with Gasteiger partial charge in [0.05, 0.1) is 24.5 Å². The lowest BCUT2D eigenvalue weighted by molar-refractivity contribution is -0.120. The van der Waals surface area contributed by atoms with E-state index in [1.54, 1.807) is 17.5 Å². The summed E-state index contributed by atoms with van der Waals surface area (Å²) in [5.41, 5.74) is 1.19. The number of hydrogen-bond acceptors (Lipinski definition) is 6. The highest BCUT2D eigenvalue weighted by molar-refractivity contribution is 7.92. The number of aliphatic hydroxyl groups is 1. The summed E-state index contributed by atoms with van der Waals surface area (Å²) in [4.78, 5) is 15.9. The Bertz CT molecular complexity index is 759. The molecule has 23 heavy (non-hydrogen) atoms. The monoisotopic (exact) mass is 355 g/mol. The zero-order valence-electron chi connectivity index (χ0n) is 12.4. The van der Waals surface area contributed by atoms with Crippen molar-refractivity contribution in [2.24, 2.45) is 0 Å². The predicted molar refractivity (Wildman–Crippen MR) is 88.7 cm³/mol. The van der Waals surface area contributed by atoms with Gasteiger partial charge in [-0.15, -0.1) is 11.3 Å². The number of nitrogens with one attached hydrogen (secondary N) is 2. The molecule has 3 N–H and O–H groups in total. The molecule has 0 unspecified atom stereocenters. The smallest absolute Gasteiger partial charge is 0.231 e. The minimum absolute atomic E-state index is 0.0173. The Labute approximate surface area is 138 Å². The fourth-order valence-corrected chi connectivity index (χ4v) is 3.39. The molecule has 0 aliphatic heterocycles. The van der Waals surface area contributed by atoms with E-state index >= 15 is 0 Å². The molecule has 0 bridgehead atoms. The summed E-state index contributed by atoms with van der Waals surface area (Å²) in [7, 11) is -3.38. The lowest BCUT2D eigenvalue weighted by atomic mass is 10.1. The van der Waals surface area contributed by atoms with E-state index in [2.05, 4.69) is 15.0 Å². The summed E-state index contributed by atoms with van der Waals surface area (Å²) < 4.78 is 24.4. The summed E-state index contributed by atoms with van der Waals surface area (Å²) in [6, 6.07) is 9.03. The summed E-state index contributed by atoms with van der Waals surface area (Å²) in [5, 5.41) is 14.4. The number of carbonyl (C=O) groups excluding carboxylic acids is 1. The zero-order valence-corrected chi connectivity index (χ0v) is 14.0. The molecule has 0 saturated heterocycles. The number of aromatic nitrogens is 1. The number of thiazole rings is 1. The maximum Gasteiger partial charge on any atom is 0.231 e. The van der Waals surface area contributed by atoms with Crippen LogP contribution in [0.1, 0.15) is 17.4 Å². The highest BCUT2D eigenvalue weighted by Gasteiger charge is 2.12. The van der Waals surface area contributed by atoms with Gasteiger partial charge in [-0.05, 0) is 5.56 Å². The van der Waals surface area contributed by atoms with E-state index in [0.717, 1.165) is 23.2 Å². The van der Waals surface area contributed by atoms with Gasteiger partial charge in [-0.25, -0.2) is 13.4 Å². The molecule has 9 heteroatoms. The Hall–Kier alpha value is -1.97. The van der Waals surface area contributed by atoms with Crippen molar-refractivity contribution >= 4 is 32.4 Å². The molecular formula is C14H17N3O4S2. The van der Waals surface area contributed by atoms with Crippen molar-refractivity contribution in [3.63, 3.8) is 0 Å².